The van der Waals surface area contributed by atoms with Gasteiger partial charge in [0.1, 0.15) is 5.01 Å². The Morgan fingerprint density at radius 1 is 1.32 bits per heavy atom. The Labute approximate surface area is 118 Å². The molecule has 3 nitrogen and oxygen atoms in total. The third-order valence-electron chi connectivity index (χ3n) is 3.35. The fourth-order valence-electron chi connectivity index (χ4n) is 2.09. The first-order valence-corrected chi connectivity index (χ1v) is 7.74. The minimum absolute atomic E-state index is 0.743. The van der Waals surface area contributed by atoms with Gasteiger partial charge in [0.05, 0.1) is 11.4 Å². The molecule has 1 saturated carbocycles. The highest BCUT2D eigenvalue weighted by Crippen LogP contribution is 2.28. The summed E-state index contributed by atoms with van der Waals surface area (Å²) >= 11 is 1.78. The van der Waals surface area contributed by atoms with Gasteiger partial charge in [0, 0.05) is 23.2 Å². The number of aromatic nitrogens is 2. The van der Waals surface area contributed by atoms with Gasteiger partial charge in [-0.3, -0.25) is 4.98 Å². The molecule has 0 aromatic carbocycles. The molecule has 2 heterocycles. The highest BCUT2D eigenvalue weighted by Gasteiger charge is 2.21. The van der Waals surface area contributed by atoms with Crippen LogP contribution in [0.15, 0.2) is 18.2 Å². The van der Waals surface area contributed by atoms with Crippen LogP contribution in [0.3, 0.4) is 0 Å². The maximum atomic E-state index is 4.75. The fourth-order valence-corrected chi connectivity index (χ4v) is 3.16. The molecule has 3 rings (SSSR count). The minimum atomic E-state index is 0.743. The van der Waals surface area contributed by atoms with Crippen molar-refractivity contribution >= 4 is 11.3 Å². The van der Waals surface area contributed by atoms with E-state index in [9.17, 15) is 0 Å². The zero-order valence-corrected chi connectivity index (χ0v) is 12.3. The van der Waals surface area contributed by atoms with Crippen LogP contribution in [-0.2, 0) is 13.0 Å². The number of rotatable bonds is 5. The molecule has 0 bridgehead atoms. The summed E-state index contributed by atoms with van der Waals surface area (Å²) in [6.45, 7) is 5.15. The van der Waals surface area contributed by atoms with Gasteiger partial charge in [-0.05, 0) is 38.3 Å². The topological polar surface area (TPSA) is 37.8 Å². The van der Waals surface area contributed by atoms with Gasteiger partial charge < -0.3 is 5.32 Å². The Kier molecular flexibility index (Phi) is 3.62. The molecule has 2 aromatic rings. The van der Waals surface area contributed by atoms with Crippen LogP contribution < -0.4 is 5.32 Å². The van der Waals surface area contributed by atoms with Crippen LogP contribution in [0.5, 0.6) is 0 Å². The van der Waals surface area contributed by atoms with Crippen molar-refractivity contribution in [3.8, 4) is 10.7 Å². The summed E-state index contributed by atoms with van der Waals surface area (Å²) in [5, 5.41) is 4.62. The number of nitrogens with one attached hydrogen (secondary N) is 1. The van der Waals surface area contributed by atoms with Crippen molar-refractivity contribution in [3.05, 3.63) is 34.5 Å². The minimum Gasteiger partial charge on any atom is -0.309 e. The Morgan fingerprint density at radius 2 is 2.16 bits per heavy atom. The van der Waals surface area contributed by atoms with Gasteiger partial charge in [-0.2, -0.15) is 0 Å². The van der Waals surface area contributed by atoms with Crippen molar-refractivity contribution in [2.24, 2.45) is 0 Å². The monoisotopic (exact) mass is 273 g/mol. The number of aryl methyl sites for hydroxylation is 2. The number of hydrogen-bond acceptors (Lipinski definition) is 4. The number of pyridine rings is 1. The maximum absolute atomic E-state index is 4.75. The van der Waals surface area contributed by atoms with Crippen molar-refractivity contribution in [2.75, 3.05) is 0 Å². The zero-order chi connectivity index (χ0) is 13.2. The van der Waals surface area contributed by atoms with Crippen molar-refractivity contribution in [1.29, 1.82) is 0 Å². The van der Waals surface area contributed by atoms with Gasteiger partial charge in [-0.25, -0.2) is 4.98 Å². The maximum Gasteiger partial charge on any atom is 0.142 e. The van der Waals surface area contributed by atoms with E-state index < -0.39 is 0 Å². The average molecular weight is 273 g/mol. The summed E-state index contributed by atoms with van der Waals surface area (Å²) in [6.07, 6.45) is 3.64. The lowest BCUT2D eigenvalue weighted by atomic mass is 10.3. The molecule has 1 aliphatic rings. The predicted octanol–water partition coefficient (Wildman–Crippen LogP) is 3.33. The summed E-state index contributed by atoms with van der Waals surface area (Å²) in [4.78, 5) is 10.7. The molecule has 0 radical (unpaired) electrons. The molecule has 4 heteroatoms. The van der Waals surface area contributed by atoms with Gasteiger partial charge >= 0.3 is 0 Å². The lowest BCUT2D eigenvalue weighted by Crippen LogP contribution is -2.15. The van der Waals surface area contributed by atoms with E-state index in [1.165, 1.54) is 23.4 Å². The first kappa shape index (κ1) is 12.8. The Hall–Kier alpha value is -1.26. The molecule has 2 aromatic heterocycles. The Morgan fingerprint density at radius 3 is 2.84 bits per heavy atom. The van der Waals surface area contributed by atoms with Crippen LogP contribution in [0.2, 0.25) is 0 Å². The van der Waals surface area contributed by atoms with E-state index in [0.717, 1.165) is 35.4 Å². The number of thiazole rings is 1. The largest absolute Gasteiger partial charge is 0.309 e. The lowest BCUT2D eigenvalue weighted by Gasteiger charge is -2.00. The normalized spacial score (nSPS) is 14.8. The fraction of sp³-hybridized carbons (Fsp3) is 0.467. The summed E-state index contributed by atoms with van der Waals surface area (Å²) in [5.41, 5.74) is 3.26. The van der Waals surface area contributed by atoms with Crippen LogP contribution in [0.25, 0.3) is 10.7 Å². The van der Waals surface area contributed by atoms with E-state index in [0.29, 0.717) is 0 Å². The molecule has 1 aliphatic carbocycles. The molecule has 19 heavy (non-hydrogen) atoms. The van der Waals surface area contributed by atoms with Gasteiger partial charge in [-0.15, -0.1) is 11.3 Å². The molecule has 0 unspecified atom stereocenters. The third kappa shape index (κ3) is 3.01. The van der Waals surface area contributed by atoms with Crippen LogP contribution in [0.1, 0.15) is 36.0 Å². The van der Waals surface area contributed by atoms with E-state index in [1.54, 1.807) is 11.3 Å². The van der Waals surface area contributed by atoms with Crippen molar-refractivity contribution in [2.45, 2.75) is 45.7 Å². The summed E-state index contributed by atoms with van der Waals surface area (Å²) in [5.74, 6) is 0. The second-order valence-electron chi connectivity index (χ2n) is 5.06. The zero-order valence-electron chi connectivity index (χ0n) is 11.4. The first-order valence-electron chi connectivity index (χ1n) is 6.92. The molecule has 100 valence electrons. The Balaban J connectivity index is 1.85. The molecular formula is C15H19N3S. The Bertz CT molecular complexity index is 573. The van der Waals surface area contributed by atoms with Crippen molar-refractivity contribution < 1.29 is 0 Å². The van der Waals surface area contributed by atoms with E-state index in [-0.39, 0.29) is 0 Å². The molecule has 0 saturated heterocycles. The molecule has 0 atom stereocenters. The van der Waals surface area contributed by atoms with E-state index in [2.05, 4.69) is 17.2 Å². The molecule has 1 fully saturated rings. The predicted molar refractivity (Wildman–Crippen MR) is 79.3 cm³/mol. The van der Waals surface area contributed by atoms with Crippen molar-refractivity contribution in [3.63, 3.8) is 0 Å². The molecule has 0 spiro atoms. The molecule has 1 N–H and O–H groups in total. The SMILES string of the molecule is CCc1nc(-c2cccc(C)n2)sc1CNC1CC1. The average Bonchev–Trinajstić information content (AvgIpc) is 3.15. The number of nitrogens with zero attached hydrogens (tertiary/aromatic N) is 2. The second-order valence-corrected chi connectivity index (χ2v) is 6.15. The first-order chi connectivity index (χ1) is 9.26. The molecular weight excluding hydrogens is 254 g/mol. The van der Waals surface area contributed by atoms with Crippen LogP contribution >= 0.6 is 11.3 Å². The highest BCUT2D eigenvalue weighted by atomic mass is 32.1. The van der Waals surface area contributed by atoms with E-state index >= 15 is 0 Å². The van der Waals surface area contributed by atoms with E-state index in [1.807, 2.05) is 25.1 Å². The lowest BCUT2D eigenvalue weighted by molar-refractivity contribution is 0.689. The quantitative estimate of drug-likeness (QED) is 0.908. The standard InChI is InChI=1S/C15H19N3S/c1-3-12-14(9-16-11-7-8-11)19-15(18-12)13-6-4-5-10(2)17-13/h4-6,11,16H,3,7-9H2,1-2H3. The molecule has 0 aliphatic heterocycles. The van der Waals surface area contributed by atoms with Crippen LogP contribution in [-0.4, -0.2) is 16.0 Å². The van der Waals surface area contributed by atoms with Crippen LogP contribution in [0, 0.1) is 6.92 Å². The summed E-state index contributed by atoms with van der Waals surface area (Å²) in [7, 11) is 0. The smallest absolute Gasteiger partial charge is 0.142 e. The van der Waals surface area contributed by atoms with Gasteiger partial charge in [-0.1, -0.05) is 13.0 Å². The molecule has 0 amide bonds. The van der Waals surface area contributed by atoms with Gasteiger partial charge in [0.25, 0.3) is 0 Å². The summed E-state index contributed by atoms with van der Waals surface area (Å²) < 4.78 is 0. The van der Waals surface area contributed by atoms with Crippen molar-refractivity contribution in [1.82, 2.24) is 15.3 Å². The second kappa shape index (κ2) is 5.39. The number of hydrogen-bond donors (Lipinski definition) is 1. The van der Waals surface area contributed by atoms with Gasteiger partial charge in [0.2, 0.25) is 0 Å². The third-order valence-corrected chi connectivity index (χ3v) is 4.47. The van der Waals surface area contributed by atoms with Crippen LogP contribution in [0.4, 0.5) is 0 Å². The highest BCUT2D eigenvalue weighted by molar-refractivity contribution is 7.15. The van der Waals surface area contributed by atoms with E-state index in [4.69, 9.17) is 4.98 Å². The van der Waals surface area contributed by atoms with Gasteiger partial charge in [0.15, 0.2) is 0 Å². The summed E-state index contributed by atoms with van der Waals surface area (Å²) in [6, 6.07) is 6.86.